The quantitative estimate of drug-likeness (QED) is 0.0697. The molecule has 0 aromatic carbocycles. The van der Waals surface area contributed by atoms with E-state index >= 15 is 0 Å². The van der Waals surface area contributed by atoms with E-state index in [0.29, 0.717) is 13.0 Å². The van der Waals surface area contributed by atoms with Crippen molar-refractivity contribution in [3.8, 4) is 0 Å². The second-order valence-corrected chi connectivity index (χ2v) is 5.46. The van der Waals surface area contributed by atoms with E-state index in [4.69, 9.17) is 16.6 Å². The van der Waals surface area contributed by atoms with Gasteiger partial charge in [0, 0.05) is 6.42 Å². The zero-order valence-electron chi connectivity index (χ0n) is 13.9. The lowest BCUT2D eigenvalue weighted by Crippen LogP contribution is -2.78. The van der Waals surface area contributed by atoms with E-state index in [1.165, 1.54) is 0 Å². The molecule has 0 aliphatic carbocycles. The Labute approximate surface area is 144 Å². The molecule has 0 rings (SSSR count). The second-order valence-electron chi connectivity index (χ2n) is 5.46. The maximum Gasteiger partial charge on any atom is 0.338 e. The topological polar surface area (TPSA) is 230 Å². The first-order valence-electron chi connectivity index (χ1n) is 7.73. The minimum atomic E-state index is -1.77. The van der Waals surface area contributed by atoms with Crippen LogP contribution in [0, 0.1) is 0 Å². The Balaban J connectivity index is 4.23. The first-order chi connectivity index (χ1) is 11.6. The number of hydrogen-bond acceptors (Lipinski definition) is 5. The predicted molar refractivity (Wildman–Crippen MR) is 85.2 cm³/mol. The van der Waals surface area contributed by atoms with E-state index in [9.17, 15) is 24.6 Å². The van der Waals surface area contributed by atoms with Crippen molar-refractivity contribution >= 4 is 23.7 Å². The summed E-state index contributed by atoms with van der Waals surface area (Å²) in [5.41, 5.74) is 14.0. The third-order valence-electron chi connectivity index (χ3n) is 3.23. The molecule has 0 unspecified atom stereocenters. The second kappa shape index (κ2) is 12.0. The normalized spacial score (nSPS) is 13.0. The fourth-order valence-electron chi connectivity index (χ4n) is 1.85. The first-order valence-corrected chi connectivity index (χ1v) is 7.73. The van der Waals surface area contributed by atoms with Crippen molar-refractivity contribution in [1.82, 2.24) is 10.6 Å². The summed E-state index contributed by atoms with van der Waals surface area (Å²) in [6.45, 7) is 0.00778. The Morgan fingerprint density at radius 1 is 1.16 bits per heavy atom. The Kier molecular flexibility index (Phi) is 10.8. The molecular formula is C13H28N6O6+2. The highest BCUT2D eigenvalue weighted by Gasteiger charge is 2.21. The molecule has 0 radical (unpaired) electrons. The number of aliphatic hydroxyl groups is 2. The number of aliphatic carboxylic acids is 1. The van der Waals surface area contributed by atoms with Crippen LogP contribution in [-0.2, 0) is 14.4 Å². The van der Waals surface area contributed by atoms with Crippen molar-refractivity contribution in [2.24, 2.45) is 11.5 Å². The number of carbonyl (C=O) groups excluding carboxylic acids is 2. The molecule has 0 aliphatic rings. The van der Waals surface area contributed by atoms with Crippen molar-refractivity contribution in [3.05, 3.63) is 0 Å². The molecule has 12 heteroatoms. The van der Waals surface area contributed by atoms with E-state index in [-0.39, 0.29) is 31.8 Å². The lowest BCUT2D eigenvalue weighted by molar-refractivity contribution is -0.460. The van der Waals surface area contributed by atoms with Gasteiger partial charge in [0.25, 0.3) is 5.91 Å². The SMILES string of the molecule is NC(N)=[NH+]CCC[C@H](NC(=O)CNC(=O)[C@@H]([NH3+])CCC(=O)O)C(O)O. The summed E-state index contributed by atoms with van der Waals surface area (Å²) in [7, 11) is 0. The number of amides is 2. The van der Waals surface area contributed by atoms with Gasteiger partial charge in [0.05, 0.1) is 25.6 Å². The molecule has 0 aromatic rings. The van der Waals surface area contributed by atoms with Crippen LogP contribution in [-0.4, -0.2) is 70.5 Å². The predicted octanol–water partition coefficient (Wildman–Crippen LogP) is -6.49. The van der Waals surface area contributed by atoms with Crippen LogP contribution in [0.15, 0.2) is 0 Å². The van der Waals surface area contributed by atoms with Gasteiger partial charge in [-0.05, 0) is 12.8 Å². The standard InChI is InChI=1S/C13H26N6O6/c14-7(3-4-10(21)22)11(23)18-6-9(20)19-8(12(24)25)2-1-5-17-13(15)16/h7-8,12,24-25H,1-6,14H2,(H,18,23)(H,19,20)(H,21,22)(H4,15,16,17)/p+2/t7-,8-/m0/s1. The Hall–Kier alpha value is -2.44. The van der Waals surface area contributed by atoms with Gasteiger partial charge in [-0.1, -0.05) is 0 Å². The molecule has 25 heavy (non-hydrogen) atoms. The number of hydrogen-bond donors (Lipinski definition) is 9. The van der Waals surface area contributed by atoms with Crippen LogP contribution in [0.3, 0.4) is 0 Å². The molecule has 2 amide bonds. The third-order valence-corrected chi connectivity index (χ3v) is 3.23. The highest BCUT2D eigenvalue weighted by Crippen LogP contribution is 1.99. The Morgan fingerprint density at radius 2 is 1.80 bits per heavy atom. The lowest BCUT2D eigenvalue weighted by Gasteiger charge is -2.20. The van der Waals surface area contributed by atoms with Crippen LogP contribution in [0.4, 0.5) is 0 Å². The number of carboxylic acid groups (broad SMARTS) is 1. The van der Waals surface area contributed by atoms with E-state index in [1.54, 1.807) is 0 Å². The molecule has 2 atom stereocenters. The van der Waals surface area contributed by atoms with Crippen molar-refractivity contribution in [2.75, 3.05) is 13.1 Å². The van der Waals surface area contributed by atoms with Gasteiger partial charge in [0.2, 0.25) is 5.91 Å². The number of nitrogens with two attached hydrogens (primary N) is 2. The monoisotopic (exact) mass is 364 g/mol. The average molecular weight is 364 g/mol. The highest BCUT2D eigenvalue weighted by atomic mass is 16.5. The zero-order valence-corrected chi connectivity index (χ0v) is 13.9. The highest BCUT2D eigenvalue weighted by molar-refractivity contribution is 5.86. The summed E-state index contributed by atoms with van der Waals surface area (Å²) in [6.07, 6.45) is -1.22. The van der Waals surface area contributed by atoms with Gasteiger partial charge in [0.1, 0.15) is 0 Å². The molecule has 0 saturated heterocycles. The molecule has 0 aromatic heterocycles. The number of carboxylic acids is 1. The fourth-order valence-corrected chi connectivity index (χ4v) is 1.85. The summed E-state index contributed by atoms with van der Waals surface area (Å²) < 4.78 is 0. The number of quaternary nitrogens is 1. The lowest BCUT2D eigenvalue weighted by atomic mass is 10.1. The maximum absolute atomic E-state index is 11.8. The minimum Gasteiger partial charge on any atom is -0.481 e. The fraction of sp³-hybridized carbons (Fsp3) is 0.692. The first kappa shape index (κ1) is 22.6. The van der Waals surface area contributed by atoms with E-state index in [2.05, 4.69) is 21.4 Å². The minimum absolute atomic E-state index is 0.0403. The van der Waals surface area contributed by atoms with Crippen LogP contribution in [0.25, 0.3) is 0 Å². The van der Waals surface area contributed by atoms with E-state index in [1.807, 2.05) is 0 Å². The average Bonchev–Trinajstić information content (AvgIpc) is 2.52. The molecule has 0 spiro atoms. The molecule has 13 N–H and O–H groups in total. The molecule has 0 fully saturated rings. The van der Waals surface area contributed by atoms with Gasteiger partial charge in [-0.15, -0.1) is 0 Å². The van der Waals surface area contributed by atoms with Gasteiger partial charge in [0.15, 0.2) is 12.3 Å². The van der Waals surface area contributed by atoms with Gasteiger partial charge >= 0.3 is 11.9 Å². The summed E-state index contributed by atoms with van der Waals surface area (Å²) >= 11 is 0. The summed E-state index contributed by atoms with van der Waals surface area (Å²) in [5, 5.41) is 31.8. The van der Waals surface area contributed by atoms with Gasteiger partial charge < -0.3 is 31.7 Å². The van der Waals surface area contributed by atoms with Crippen molar-refractivity contribution in [2.45, 2.75) is 44.1 Å². The van der Waals surface area contributed by atoms with Gasteiger partial charge in [-0.2, -0.15) is 0 Å². The number of nitrogens with one attached hydrogen (secondary N) is 3. The molecular weight excluding hydrogens is 336 g/mol. The van der Waals surface area contributed by atoms with Crippen molar-refractivity contribution < 1.29 is 40.4 Å². The van der Waals surface area contributed by atoms with E-state index in [0.717, 1.165) is 0 Å². The van der Waals surface area contributed by atoms with Gasteiger partial charge in [-0.25, -0.2) is 0 Å². The van der Waals surface area contributed by atoms with Crippen LogP contribution >= 0.6 is 0 Å². The maximum atomic E-state index is 11.8. The number of guanidine groups is 1. The molecule has 12 nitrogen and oxygen atoms in total. The van der Waals surface area contributed by atoms with Crippen LogP contribution < -0.4 is 32.8 Å². The Morgan fingerprint density at radius 3 is 2.32 bits per heavy atom. The molecule has 0 bridgehead atoms. The number of carbonyl (C=O) groups is 3. The van der Waals surface area contributed by atoms with Crippen LogP contribution in [0.5, 0.6) is 0 Å². The zero-order chi connectivity index (χ0) is 19.4. The Bertz CT molecular complexity index is 480. The van der Waals surface area contributed by atoms with Crippen LogP contribution in [0.2, 0.25) is 0 Å². The largest absolute Gasteiger partial charge is 0.481 e. The summed E-state index contributed by atoms with van der Waals surface area (Å²) in [5.74, 6) is -2.17. The summed E-state index contributed by atoms with van der Waals surface area (Å²) in [6, 6.07) is -1.72. The molecule has 144 valence electrons. The third kappa shape index (κ3) is 11.7. The van der Waals surface area contributed by atoms with Gasteiger partial charge in [-0.3, -0.25) is 30.8 Å². The number of aliphatic hydroxyl groups excluding tert-OH is 1. The number of rotatable bonds is 12. The van der Waals surface area contributed by atoms with Crippen molar-refractivity contribution in [3.63, 3.8) is 0 Å². The summed E-state index contributed by atoms with van der Waals surface area (Å²) in [4.78, 5) is 36.5. The van der Waals surface area contributed by atoms with E-state index < -0.39 is 36.2 Å². The van der Waals surface area contributed by atoms with Crippen molar-refractivity contribution in [1.29, 1.82) is 0 Å². The molecule has 0 heterocycles. The smallest absolute Gasteiger partial charge is 0.338 e. The molecule has 0 saturated carbocycles. The molecule has 0 aliphatic heterocycles. The van der Waals surface area contributed by atoms with Crippen LogP contribution in [0.1, 0.15) is 25.7 Å².